The first-order chi connectivity index (χ1) is 11.0. The Morgan fingerprint density at radius 1 is 1.35 bits per heavy atom. The topological polar surface area (TPSA) is 50.4 Å². The summed E-state index contributed by atoms with van der Waals surface area (Å²) in [7, 11) is 0. The maximum atomic E-state index is 12.2. The van der Waals surface area contributed by atoms with Crippen molar-refractivity contribution in [3.05, 3.63) is 16.0 Å². The lowest BCUT2D eigenvalue weighted by Crippen LogP contribution is -2.40. The number of fused-ring (bicyclic) bond motifs is 2. The number of hydrogen-bond donors (Lipinski definition) is 2. The third-order valence-electron chi connectivity index (χ3n) is 5.15. The second-order valence-corrected chi connectivity index (χ2v) is 8.22. The van der Waals surface area contributed by atoms with Gasteiger partial charge in [0.1, 0.15) is 5.00 Å². The quantitative estimate of drug-likeness (QED) is 0.633. The summed E-state index contributed by atoms with van der Waals surface area (Å²) >= 11 is 7.04. The van der Waals surface area contributed by atoms with E-state index in [1.165, 1.54) is 25.7 Å². The predicted molar refractivity (Wildman–Crippen MR) is 98.3 cm³/mol. The average Bonchev–Trinajstić information content (AvgIpc) is 3.15. The second-order valence-electron chi connectivity index (χ2n) is 6.59. The van der Waals surface area contributed by atoms with Gasteiger partial charge in [-0.1, -0.05) is 6.42 Å². The minimum atomic E-state index is -0.278. The molecular formula is C17H24N2O2S2. The van der Waals surface area contributed by atoms with Crippen LogP contribution in [0.3, 0.4) is 0 Å². The van der Waals surface area contributed by atoms with Crippen LogP contribution in [0.4, 0.5) is 5.00 Å². The zero-order valence-electron chi connectivity index (χ0n) is 13.9. The number of anilines is 1. The van der Waals surface area contributed by atoms with Gasteiger partial charge in [0.05, 0.1) is 12.2 Å². The van der Waals surface area contributed by atoms with E-state index in [9.17, 15) is 4.79 Å². The van der Waals surface area contributed by atoms with E-state index in [1.807, 2.05) is 20.8 Å². The molecule has 2 fully saturated rings. The summed E-state index contributed by atoms with van der Waals surface area (Å²) in [6.07, 6.45) is 5.25. The Labute approximate surface area is 147 Å². The van der Waals surface area contributed by atoms with Crippen LogP contribution in [0.2, 0.25) is 0 Å². The monoisotopic (exact) mass is 352 g/mol. The van der Waals surface area contributed by atoms with Gasteiger partial charge in [-0.05, 0) is 69.7 Å². The van der Waals surface area contributed by atoms with E-state index < -0.39 is 0 Å². The maximum absolute atomic E-state index is 12.2. The summed E-state index contributed by atoms with van der Waals surface area (Å²) in [5, 5.41) is 8.11. The van der Waals surface area contributed by atoms with E-state index >= 15 is 0 Å². The molecule has 4 nitrogen and oxygen atoms in total. The average molecular weight is 353 g/mol. The van der Waals surface area contributed by atoms with E-state index in [2.05, 4.69) is 10.6 Å². The van der Waals surface area contributed by atoms with Gasteiger partial charge >= 0.3 is 5.97 Å². The number of ether oxygens (including phenoxy) is 1. The number of aryl methyl sites for hydroxylation is 1. The van der Waals surface area contributed by atoms with Crippen LogP contribution in [0.15, 0.2) is 0 Å². The van der Waals surface area contributed by atoms with Crippen molar-refractivity contribution in [2.45, 2.75) is 52.5 Å². The first-order valence-corrected chi connectivity index (χ1v) is 9.56. The van der Waals surface area contributed by atoms with Crippen LogP contribution in [-0.4, -0.2) is 23.7 Å². The Morgan fingerprint density at radius 3 is 2.74 bits per heavy atom. The first-order valence-electron chi connectivity index (χ1n) is 8.34. The van der Waals surface area contributed by atoms with Gasteiger partial charge in [-0.25, -0.2) is 4.79 Å². The molecule has 0 amide bonds. The molecule has 126 valence electrons. The Morgan fingerprint density at radius 2 is 2.13 bits per heavy atom. The van der Waals surface area contributed by atoms with Crippen molar-refractivity contribution in [2.24, 2.45) is 11.8 Å². The maximum Gasteiger partial charge on any atom is 0.341 e. The second kappa shape index (κ2) is 6.77. The highest BCUT2D eigenvalue weighted by Crippen LogP contribution is 2.44. The molecule has 0 aromatic carbocycles. The molecule has 2 N–H and O–H groups in total. The summed E-state index contributed by atoms with van der Waals surface area (Å²) in [5.74, 6) is 1.36. The lowest BCUT2D eigenvalue weighted by molar-refractivity contribution is 0.0527. The van der Waals surface area contributed by atoms with Crippen LogP contribution in [0.25, 0.3) is 0 Å². The number of hydrogen-bond acceptors (Lipinski definition) is 4. The fourth-order valence-corrected chi connectivity index (χ4v) is 5.26. The zero-order chi connectivity index (χ0) is 16.6. The number of rotatable bonds is 4. The van der Waals surface area contributed by atoms with E-state index in [4.69, 9.17) is 17.0 Å². The van der Waals surface area contributed by atoms with Crippen molar-refractivity contribution in [3.8, 4) is 0 Å². The van der Waals surface area contributed by atoms with Gasteiger partial charge in [0.2, 0.25) is 0 Å². The molecule has 0 aliphatic heterocycles. The van der Waals surface area contributed by atoms with Crippen molar-refractivity contribution in [1.29, 1.82) is 0 Å². The van der Waals surface area contributed by atoms with Gasteiger partial charge in [0.25, 0.3) is 0 Å². The molecule has 0 radical (unpaired) electrons. The molecule has 0 unspecified atom stereocenters. The number of carbonyl (C=O) groups is 1. The molecule has 1 heterocycles. The molecule has 3 atom stereocenters. The molecule has 2 aliphatic carbocycles. The van der Waals surface area contributed by atoms with Crippen molar-refractivity contribution in [3.63, 3.8) is 0 Å². The third-order valence-corrected chi connectivity index (χ3v) is 6.49. The minimum absolute atomic E-state index is 0.278. The van der Waals surface area contributed by atoms with Crippen LogP contribution in [0.5, 0.6) is 0 Å². The molecule has 1 aromatic rings. The number of thiocarbonyl (C=S) groups is 1. The van der Waals surface area contributed by atoms with Crippen molar-refractivity contribution in [1.82, 2.24) is 5.32 Å². The molecular weight excluding hydrogens is 328 g/mol. The number of thiophene rings is 1. The van der Waals surface area contributed by atoms with Gasteiger partial charge in [0, 0.05) is 10.9 Å². The molecule has 2 bridgehead atoms. The number of nitrogens with one attached hydrogen (secondary N) is 2. The molecule has 3 rings (SSSR count). The minimum Gasteiger partial charge on any atom is -0.462 e. The first kappa shape index (κ1) is 16.7. The molecule has 0 saturated heterocycles. The highest BCUT2D eigenvalue weighted by Gasteiger charge is 2.39. The van der Waals surface area contributed by atoms with E-state index in [1.54, 1.807) is 11.3 Å². The number of esters is 1. The molecule has 1 aromatic heterocycles. The smallest absolute Gasteiger partial charge is 0.341 e. The third kappa shape index (κ3) is 3.38. The van der Waals surface area contributed by atoms with E-state index in [0.29, 0.717) is 23.3 Å². The summed E-state index contributed by atoms with van der Waals surface area (Å²) in [4.78, 5) is 13.3. The van der Waals surface area contributed by atoms with Crippen LogP contribution in [0.1, 0.15) is 53.4 Å². The highest BCUT2D eigenvalue weighted by molar-refractivity contribution is 7.80. The van der Waals surface area contributed by atoms with Crippen LogP contribution >= 0.6 is 23.6 Å². The standard InChI is InChI=1S/C17H24N2O2S2/c1-4-21-16(20)14-9(2)10(3)23-15(14)19-17(22)18-13-8-11-5-6-12(13)7-11/h11-13H,4-8H2,1-3H3,(H2,18,19,22)/t11-,12+,13-/m0/s1. The zero-order valence-corrected chi connectivity index (χ0v) is 15.5. The Bertz CT molecular complexity index is 626. The summed E-state index contributed by atoms with van der Waals surface area (Å²) < 4.78 is 5.18. The van der Waals surface area contributed by atoms with Gasteiger partial charge in [-0.15, -0.1) is 11.3 Å². The fourth-order valence-electron chi connectivity index (χ4n) is 3.89. The molecule has 6 heteroatoms. The lowest BCUT2D eigenvalue weighted by atomic mass is 9.96. The van der Waals surface area contributed by atoms with Gasteiger partial charge in [0.15, 0.2) is 5.11 Å². The van der Waals surface area contributed by atoms with Crippen LogP contribution < -0.4 is 10.6 Å². The summed E-state index contributed by atoms with van der Waals surface area (Å²) in [6, 6.07) is 0.488. The Kier molecular flexibility index (Phi) is 4.92. The van der Waals surface area contributed by atoms with Crippen molar-refractivity contribution in [2.75, 3.05) is 11.9 Å². The SMILES string of the molecule is CCOC(=O)c1c(NC(=S)N[C@H]2C[C@H]3CC[C@@H]2C3)sc(C)c1C. The summed E-state index contributed by atoms with van der Waals surface area (Å²) in [6.45, 7) is 6.16. The highest BCUT2D eigenvalue weighted by atomic mass is 32.1. The van der Waals surface area contributed by atoms with Crippen LogP contribution in [0, 0.1) is 25.7 Å². The number of carbonyl (C=O) groups excluding carboxylic acids is 1. The largest absolute Gasteiger partial charge is 0.462 e. The van der Waals surface area contributed by atoms with Gasteiger partial charge < -0.3 is 15.4 Å². The van der Waals surface area contributed by atoms with E-state index in [0.717, 1.165) is 27.3 Å². The van der Waals surface area contributed by atoms with Gasteiger partial charge in [-0.2, -0.15) is 0 Å². The molecule has 2 saturated carbocycles. The van der Waals surface area contributed by atoms with E-state index in [-0.39, 0.29) is 5.97 Å². The van der Waals surface area contributed by atoms with Crippen molar-refractivity contribution >= 4 is 39.6 Å². The Balaban J connectivity index is 1.68. The summed E-state index contributed by atoms with van der Waals surface area (Å²) in [5.41, 5.74) is 1.59. The van der Waals surface area contributed by atoms with Crippen molar-refractivity contribution < 1.29 is 9.53 Å². The normalized spacial score (nSPS) is 25.4. The molecule has 0 spiro atoms. The molecule has 2 aliphatic rings. The fraction of sp³-hybridized carbons (Fsp3) is 0.647. The molecule has 23 heavy (non-hydrogen) atoms. The predicted octanol–water partition coefficient (Wildman–Crippen LogP) is 4.02. The lowest BCUT2D eigenvalue weighted by Gasteiger charge is -2.24. The van der Waals surface area contributed by atoms with Gasteiger partial charge in [-0.3, -0.25) is 0 Å². The van der Waals surface area contributed by atoms with Crippen LogP contribution in [-0.2, 0) is 4.74 Å². The Hall–Kier alpha value is -1.14.